The molecular formula is C24H20O5. The van der Waals surface area contributed by atoms with Gasteiger partial charge in [-0.1, -0.05) is 42.5 Å². The molecule has 1 aliphatic heterocycles. The molecular weight excluding hydrogens is 368 g/mol. The van der Waals surface area contributed by atoms with Gasteiger partial charge in [0.15, 0.2) is 23.4 Å². The normalized spacial score (nSPS) is 16.8. The van der Waals surface area contributed by atoms with E-state index >= 15 is 0 Å². The molecule has 1 N–H and O–H groups in total. The monoisotopic (exact) mass is 388 g/mol. The van der Waals surface area contributed by atoms with Crippen molar-refractivity contribution in [3.63, 3.8) is 0 Å². The number of methoxy groups -OCH3 is 2. The summed E-state index contributed by atoms with van der Waals surface area (Å²) < 4.78 is 16.7. The molecule has 1 heterocycles. The zero-order valence-corrected chi connectivity index (χ0v) is 16.1. The summed E-state index contributed by atoms with van der Waals surface area (Å²) >= 11 is 0. The Hall–Kier alpha value is -3.73. The van der Waals surface area contributed by atoms with E-state index in [1.165, 1.54) is 14.2 Å². The van der Waals surface area contributed by atoms with Crippen LogP contribution in [-0.4, -0.2) is 25.1 Å². The molecule has 5 nitrogen and oxygen atoms in total. The van der Waals surface area contributed by atoms with Gasteiger partial charge >= 0.3 is 0 Å². The van der Waals surface area contributed by atoms with E-state index in [-0.39, 0.29) is 23.0 Å². The third kappa shape index (κ3) is 3.43. The molecule has 29 heavy (non-hydrogen) atoms. The molecule has 1 aliphatic rings. The maximum Gasteiger partial charge on any atom is 0.200 e. The van der Waals surface area contributed by atoms with Gasteiger partial charge < -0.3 is 19.3 Å². The lowest BCUT2D eigenvalue weighted by molar-refractivity contribution is 0.0963. The SMILES string of the molecule is COc1cc(/C=C2\C(=O)c3ccccc3OC2c2ccccc2)cc(OC)c1O. The van der Waals surface area contributed by atoms with Gasteiger partial charge in [-0.15, -0.1) is 0 Å². The number of carbonyl (C=O) groups excluding carboxylic acids is 1. The number of aromatic hydroxyl groups is 1. The first-order chi connectivity index (χ1) is 14.1. The third-order valence-corrected chi connectivity index (χ3v) is 4.85. The first-order valence-electron chi connectivity index (χ1n) is 9.14. The van der Waals surface area contributed by atoms with Crippen LogP contribution in [-0.2, 0) is 0 Å². The van der Waals surface area contributed by atoms with Crippen LogP contribution in [0.2, 0.25) is 0 Å². The number of ether oxygens (including phenoxy) is 3. The van der Waals surface area contributed by atoms with Crippen molar-refractivity contribution in [2.75, 3.05) is 14.2 Å². The van der Waals surface area contributed by atoms with Gasteiger partial charge in [0.2, 0.25) is 5.75 Å². The molecule has 0 saturated heterocycles. The second-order valence-electron chi connectivity index (χ2n) is 6.61. The summed E-state index contributed by atoms with van der Waals surface area (Å²) in [6.07, 6.45) is 1.20. The summed E-state index contributed by atoms with van der Waals surface area (Å²) in [7, 11) is 2.92. The minimum Gasteiger partial charge on any atom is -0.502 e. The summed E-state index contributed by atoms with van der Waals surface area (Å²) in [4.78, 5) is 13.3. The van der Waals surface area contributed by atoms with Crippen LogP contribution >= 0.6 is 0 Å². The van der Waals surface area contributed by atoms with Gasteiger partial charge in [0.05, 0.1) is 19.8 Å². The molecule has 0 fully saturated rings. The molecule has 1 unspecified atom stereocenters. The molecule has 4 rings (SSSR count). The summed E-state index contributed by atoms with van der Waals surface area (Å²) in [5, 5.41) is 10.2. The fourth-order valence-corrected chi connectivity index (χ4v) is 3.42. The number of phenols is 1. The third-order valence-electron chi connectivity index (χ3n) is 4.85. The molecule has 1 atom stereocenters. The van der Waals surface area contributed by atoms with Crippen molar-refractivity contribution in [1.29, 1.82) is 0 Å². The second-order valence-corrected chi connectivity index (χ2v) is 6.61. The second kappa shape index (κ2) is 7.72. The van der Waals surface area contributed by atoms with Gasteiger partial charge in [-0.05, 0) is 41.5 Å². The average molecular weight is 388 g/mol. The largest absolute Gasteiger partial charge is 0.502 e. The van der Waals surface area contributed by atoms with Crippen LogP contribution in [0.15, 0.2) is 72.3 Å². The summed E-state index contributed by atoms with van der Waals surface area (Å²) in [6.45, 7) is 0. The number of rotatable bonds is 4. The smallest absolute Gasteiger partial charge is 0.200 e. The van der Waals surface area contributed by atoms with Gasteiger partial charge in [0, 0.05) is 5.57 Å². The van der Waals surface area contributed by atoms with Gasteiger partial charge in [-0.25, -0.2) is 0 Å². The van der Waals surface area contributed by atoms with Gasteiger partial charge in [0.25, 0.3) is 0 Å². The van der Waals surface area contributed by atoms with Crippen LogP contribution in [0.1, 0.15) is 27.6 Å². The van der Waals surface area contributed by atoms with Crippen molar-refractivity contribution >= 4 is 11.9 Å². The Balaban J connectivity index is 1.88. The number of Topliss-reactive ketones (excluding diaryl/α,β-unsaturated/α-hetero) is 1. The first-order valence-corrected chi connectivity index (χ1v) is 9.14. The van der Waals surface area contributed by atoms with Crippen molar-refractivity contribution < 1.29 is 24.1 Å². The van der Waals surface area contributed by atoms with Gasteiger partial charge in [-0.2, -0.15) is 0 Å². The Bertz CT molecular complexity index is 1060. The fraction of sp³-hybridized carbons (Fsp3) is 0.125. The van der Waals surface area contributed by atoms with E-state index in [1.54, 1.807) is 30.3 Å². The van der Waals surface area contributed by atoms with Crippen molar-refractivity contribution in [1.82, 2.24) is 0 Å². The molecule has 3 aromatic rings. The Morgan fingerprint density at radius 2 is 1.55 bits per heavy atom. The molecule has 0 spiro atoms. The molecule has 3 aromatic carbocycles. The van der Waals surface area contributed by atoms with E-state index in [2.05, 4.69) is 0 Å². The van der Waals surface area contributed by atoms with Crippen molar-refractivity contribution in [2.24, 2.45) is 0 Å². The topological polar surface area (TPSA) is 65.0 Å². The first kappa shape index (κ1) is 18.6. The Kier molecular flexibility index (Phi) is 4.96. The molecule has 146 valence electrons. The highest BCUT2D eigenvalue weighted by molar-refractivity contribution is 6.14. The Labute approximate surface area is 168 Å². The van der Waals surface area contributed by atoms with Gasteiger partial charge in [0.1, 0.15) is 5.75 Å². The van der Waals surface area contributed by atoms with E-state index in [1.807, 2.05) is 42.5 Å². The predicted octanol–water partition coefficient (Wildman–Crippen LogP) is 4.81. The highest BCUT2D eigenvalue weighted by Crippen LogP contribution is 2.41. The number of carbonyl (C=O) groups is 1. The summed E-state index contributed by atoms with van der Waals surface area (Å²) in [5.41, 5.74) is 2.54. The lowest BCUT2D eigenvalue weighted by atomic mass is 9.89. The number of benzene rings is 3. The summed E-state index contributed by atoms with van der Waals surface area (Å²) in [5.74, 6) is 0.887. The van der Waals surface area contributed by atoms with E-state index in [0.29, 0.717) is 22.4 Å². The van der Waals surface area contributed by atoms with Gasteiger partial charge in [-0.3, -0.25) is 4.79 Å². The van der Waals surface area contributed by atoms with Crippen molar-refractivity contribution in [2.45, 2.75) is 6.10 Å². The number of hydrogen-bond acceptors (Lipinski definition) is 5. The van der Waals surface area contributed by atoms with Crippen LogP contribution in [0.25, 0.3) is 6.08 Å². The number of phenolic OH excluding ortho intramolecular Hbond substituents is 1. The molecule has 0 aromatic heterocycles. The van der Waals surface area contributed by atoms with Crippen LogP contribution in [0.4, 0.5) is 0 Å². The minimum absolute atomic E-state index is 0.0895. The van der Waals surface area contributed by atoms with Crippen LogP contribution in [0.3, 0.4) is 0 Å². The lowest BCUT2D eigenvalue weighted by Gasteiger charge is -2.28. The highest BCUT2D eigenvalue weighted by atomic mass is 16.5. The average Bonchev–Trinajstić information content (AvgIpc) is 2.77. The van der Waals surface area contributed by atoms with Crippen molar-refractivity contribution in [3.8, 4) is 23.0 Å². The molecule has 0 aliphatic carbocycles. The zero-order valence-electron chi connectivity index (χ0n) is 16.1. The summed E-state index contributed by atoms with van der Waals surface area (Å²) in [6, 6.07) is 20.1. The van der Waals surface area contributed by atoms with E-state index in [4.69, 9.17) is 14.2 Å². The Morgan fingerprint density at radius 3 is 2.21 bits per heavy atom. The van der Waals surface area contributed by atoms with Crippen LogP contribution < -0.4 is 14.2 Å². The zero-order chi connectivity index (χ0) is 20.4. The quantitative estimate of drug-likeness (QED) is 0.650. The number of para-hydroxylation sites is 1. The lowest BCUT2D eigenvalue weighted by Crippen LogP contribution is -2.23. The van der Waals surface area contributed by atoms with E-state index in [9.17, 15) is 9.90 Å². The van der Waals surface area contributed by atoms with Crippen molar-refractivity contribution in [3.05, 3.63) is 89.0 Å². The molecule has 5 heteroatoms. The molecule has 0 bridgehead atoms. The maximum absolute atomic E-state index is 13.3. The molecule has 0 amide bonds. The maximum atomic E-state index is 13.3. The molecule has 0 radical (unpaired) electrons. The number of ketones is 1. The Morgan fingerprint density at radius 1 is 0.931 bits per heavy atom. The van der Waals surface area contributed by atoms with E-state index in [0.717, 1.165) is 5.56 Å². The molecule has 0 saturated carbocycles. The highest BCUT2D eigenvalue weighted by Gasteiger charge is 2.32. The fourth-order valence-electron chi connectivity index (χ4n) is 3.42. The van der Waals surface area contributed by atoms with E-state index < -0.39 is 6.10 Å². The standard InChI is InChI=1S/C24H20O5/c1-27-20-13-15(14-21(28-2)23(20)26)12-18-22(25)17-10-6-7-11-19(17)29-24(18)16-8-4-3-5-9-16/h3-14,24,26H,1-2H3/b18-12+. The predicted molar refractivity (Wildman–Crippen MR) is 110 cm³/mol. The minimum atomic E-state index is -0.551. The number of fused-ring (bicyclic) bond motifs is 1. The van der Waals surface area contributed by atoms with Crippen LogP contribution in [0, 0.1) is 0 Å². The number of hydrogen-bond donors (Lipinski definition) is 1. The van der Waals surface area contributed by atoms with Crippen LogP contribution in [0.5, 0.6) is 23.0 Å².